The van der Waals surface area contributed by atoms with Gasteiger partial charge in [0.05, 0.1) is 15.7 Å². The molecule has 0 aromatic heterocycles. The van der Waals surface area contributed by atoms with Crippen molar-refractivity contribution < 1.29 is 4.21 Å². The van der Waals surface area contributed by atoms with Gasteiger partial charge in [-0.05, 0) is 51.5 Å². The van der Waals surface area contributed by atoms with Crippen LogP contribution in [0.5, 0.6) is 0 Å². The highest BCUT2D eigenvalue weighted by Gasteiger charge is 2.21. The van der Waals surface area contributed by atoms with Crippen LogP contribution in [0.4, 0.5) is 0 Å². The molecular formula is C12H17Cl2NOS. The summed E-state index contributed by atoms with van der Waals surface area (Å²) in [6, 6.07) is 5.27. The molecule has 96 valence electrons. The molecule has 0 aliphatic rings. The number of rotatable bonds is 3. The van der Waals surface area contributed by atoms with Crippen molar-refractivity contribution in [1.82, 2.24) is 4.72 Å². The molecule has 1 aromatic rings. The molecule has 0 saturated heterocycles. The molecule has 0 radical (unpaired) electrons. The first kappa shape index (κ1) is 15.0. The molecule has 1 N–H and O–H groups in total. The Morgan fingerprint density at radius 2 is 1.65 bits per heavy atom. The Labute approximate surface area is 115 Å². The van der Waals surface area contributed by atoms with Crippen LogP contribution >= 0.6 is 23.2 Å². The van der Waals surface area contributed by atoms with Crippen LogP contribution in [-0.2, 0) is 11.0 Å². The van der Waals surface area contributed by atoms with Crippen LogP contribution < -0.4 is 4.72 Å². The number of halogens is 2. The van der Waals surface area contributed by atoms with Gasteiger partial charge < -0.3 is 0 Å². The van der Waals surface area contributed by atoms with Crippen molar-refractivity contribution in [1.29, 1.82) is 0 Å². The summed E-state index contributed by atoms with van der Waals surface area (Å²) in [6.45, 7) is 7.71. The fraction of sp³-hybridized carbons (Fsp3) is 0.500. The van der Waals surface area contributed by atoms with Gasteiger partial charge in [0.15, 0.2) is 0 Å². The third-order valence-electron chi connectivity index (χ3n) is 2.22. The highest BCUT2D eigenvalue weighted by Crippen LogP contribution is 2.24. The lowest BCUT2D eigenvalue weighted by atomic mass is 10.1. The van der Waals surface area contributed by atoms with E-state index in [0.717, 1.165) is 5.56 Å². The molecule has 0 saturated carbocycles. The third-order valence-corrected chi connectivity index (χ3v) is 4.34. The minimum absolute atomic E-state index is 0.0636. The number of hydrogen-bond donors (Lipinski definition) is 1. The van der Waals surface area contributed by atoms with E-state index in [2.05, 4.69) is 4.72 Å². The van der Waals surface area contributed by atoms with Crippen molar-refractivity contribution in [3.8, 4) is 0 Å². The van der Waals surface area contributed by atoms with Crippen molar-refractivity contribution in [3.05, 3.63) is 33.8 Å². The average molecular weight is 294 g/mol. The molecule has 2 atom stereocenters. The van der Waals surface area contributed by atoms with Gasteiger partial charge in [0.1, 0.15) is 0 Å². The Morgan fingerprint density at radius 3 is 2.06 bits per heavy atom. The minimum Gasteiger partial charge on any atom is -0.242 e. The van der Waals surface area contributed by atoms with Crippen molar-refractivity contribution >= 4 is 34.2 Å². The summed E-state index contributed by atoms with van der Waals surface area (Å²) in [7, 11) is -1.12. The number of benzene rings is 1. The van der Waals surface area contributed by atoms with E-state index >= 15 is 0 Å². The van der Waals surface area contributed by atoms with Gasteiger partial charge in [-0.25, -0.2) is 8.93 Å². The standard InChI is InChI=1S/C12H17Cl2NOS/c1-8(15-17(16)12(2,3)4)9-5-10(13)7-11(14)6-9/h5-8,15H,1-4H3/t8-,17?/m1/s1. The lowest BCUT2D eigenvalue weighted by Gasteiger charge is -2.22. The van der Waals surface area contributed by atoms with Crippen LogP contribution in [0, 0.1) is 0 Å². The van der Waals surface area contributed by atoms with Crippen LogP contribution in [0.3, 0.4) is 0 Å². The predicted octanol–water partition coefficient (Wildman–Crippen LogP) is 4.11. The topological polar surface area (TPSA) is 29.1 Å². The summed E-state index contributed by atoms with van der Waals surface area (Å²) >= 11 is 11.9. The Hall–Kier alpha value is -0.0900. The summed E-state index contributed by atoms with van der Waals surface area (Å²) in [4.78, 5) is 0. The van der Waals surface area contributed by atoms with E-state index in [1.807, 2.05) is 39.8 Å². The van der Waals surface area contributed by atoms with Gasteiger partial charge in [-0.15, -0.1) is 0 Å². The first-order chi connectivity index (χ1) is 7.70. The molecule has 0 fully saturated rings. The largest absolute Gasteiger partial charge is 0.242 e. The maximum Gasteiger partial charge on any atom is 0.0975 e. The molecule has 0 heterocycles. The van der Waals surface area contributed by atoms with Crippen LogP contribution in [-0.4, -0.2) is 8.96 Å². The molecule has 1 rings (SSSR count). The van der Waals surface area contributed by atoms with Crippen molar-refractivity contribution in [2.45, 2.75) is 38.5 Å². The van der Waals surface area contributed by atoms with E-state index in [1.54, 1.807) is 6.07 Å². The highest BCUT2D eigenvalue weighted by molar-refractivity contribution is 7.84. The fourth-order valence-corrected chi connectivity index (χ4v) is 2.58. The molecule has 1 unspecified atom stereocenters. The van der Waals surface area contributed by atoms with E-state index in [9.17, 15) is 4.21 Å². The molecule has 2 nitrogen and oxygen atoms in total. The Morgan fingerprint density at radius 1 is 1.18 bits per heavy atom. The maximum absolute atomic E-state index is 12.0. The first-order valence-electron chi connectivity index (χ1n) is 5.34. The maximum atomic E-state index is 12.0. The van der Waals surface area contributed by atoms with Gasteiger partial charge in [0, 0.05) is 16.1 Å². The Bertz CT molecular complexity index is 409. The van der Waals surface area contributed by atoms with Gasteiger partial charge >= 0.3 is 0 Å². The van der Waals surface area contributed by atoms with Crippen LogP contribution in [0.15, 0.2) is 18.2 Å². The highest BCUT2D eigenvalue weighted by atomic mass is 35.5. The monoisotopic (exact) mass is 293 g/mol. The quantitative estimate of drug-likeness (QED) is 0.893. The summed E-state index contributed by atoms with van der Waals surface area (Å²) < 4.78 is 14.7. The second-order valence-electron chi connectivity index (χ2n) is 4.92. The van der Waals surface area contributed by atoms with E-state index in [-0.39, 0.29) is 10.8 Å². The summed E-state index contributed by atoms with van der Waals surface area (Å²) in [5, 5.41) is 1.17. The lowest BCUT2D eigenvalue weighted by molar-refractivity contribution is 0.616. The Kier molecular flexibility index (Phi) is 5.02. The van der Waals surface area contributed by atoms with Crippen LogP contribution in [0.2, 0.25) is 10.0 Å². The molecule has 0 bridgehead atoms. The predicted molar refractivity (Wildman–Crippen MR) is 75.9 cm³/mol. The molecule has 0 aliphatic heterocycles. The summed E-state index contributed by atoms with van der Waals surface area (Å²) in [5.74, 6) is 0. The van der Waals surface area contributed by atoms with Gasteiger partial charge in [-0.1, -0.05) is 23.2 Å². The molecule has 0 aliphatic carbocycles. The second kappa shape index (κ2) is 5.70. The SMILES string of the molecule is C[C@@H](NS(=O)C(C)(C)C)c1cc(Cl)cc(Cl)c1. The van der Waals surface area contributed by atoms with E-state index in [0.29, 0.717) is 10.0 Å². The van der Waals surface area contributed by atoms with Gasteiger partial charge in [0.25, 0.3) is 0 Å². The molecule has 0 spiro atoms. The fourth-order valence-electron chi connectivity index (χ4n) is 1.23. The van der Waals surface area contributed by atoms with E-state index in [1.165, 1.54) is 0 Å². The zero-order valence-electron chi connectivity index (χ0n) is 10.4. The number of hydrogen-bond acceptors (Lipinski definition) is 1. The smallest absolute Gasteiger partial charge is 0.0975 e. The molecule has 0 amide bonds. The zero-order valence-corrected chi connectivity index (χ0v) is 12.7. The van der Waals surface area contributed by atoms with Crippen molar-refractivity contribution in [2.24, 2.45) is 0 Å². The van der Waals surface area contributed by atoms with Gasteiger partial charge in [-0.2, -0.15) is 0 Å². The molecule has 17 heavy (non-hydrogen) atoms. The average Bonchev–Trinajstić information content (AvgIpc) is 2.14. The van der Waals surface area contributed by atoms with Crippen molar-refractivity contribution in [2.75, 3.05) is 0 Å². The van der Waals surface area contributed by atoms with E-state index < -0.39 is 11.0 Å². The Balaban J connectivity index is 2.83. The summed E-state index contributed by atoms with van der Waals surface area (Å²) in [6.07, 6.45) is 0. The second-order valence-corrected chi connectivity index (χ2v) is 7.79. The van der Waals surface area contributed by atoms with E-state index in [4.69, 9.17) is 23.2 Å². The molecule has 1 aromatic carbocycles. The summed E-state index contributed by atoms with van der Waals surface area (Å²) in [5.41, 5.74) is 0.931. The van der Waals surface area contributed by atoms with Gasteiger partial charge in [-0.3, -0.25) is 0 Å². The number of nitrogens with one attached hydrogen (secondary N) is 1. The molecular weight excluding hydrogens is 277 g/mol. The van der Waals surface area contributed by atoms with Crippen LogP contribution in [0.25, 0.3) is 0 Å². The lowest BCUT2D eigenvalue weighted by Crippen LogP contribution is -2.34. The first-order valence-corrected chi connectivity index (χ1v) is 7.25. The third kappa shape index (κ3) is 4.59. The zero-order chi connectivity index (χ0) is 13.2. The van der Waals surface area contributed by atoms with Crippen molar-refractivity contribution in [3.63, 3.8) is 0 Å². The minimum atomic E-state index is -1.12. The molecule has 5 heteroatoms. The van der Waals surface area contributed by atoms with Gasteiger partial charge in [0.2, 0.25) is 0 Å². The van der Waals surface area contributed by atoms with Crippen LogP contribution in [0.1, 0.15) is 39.3 Å². The normalized spacial score (nSPS) is 15.6.